The first-order valence-corrected chi connectivity index (χ1v) is 10.4. The zero-order chi connectivity index (χ0) is 19.1. The van der Waals surface area contributed by atoms with Crippen LogP contribution in [-0.4, -0.2) is 50.3 Å². The molecule has 2 heterocycles. The van der Waals surface area contributed by atoms with Crippen molar-refractivity contribution in [2.24, 2.45) is 0 Å². The number of halogens is 1. The molecule has 1 aromatic carbocycles. The van der Waals surface area contributed by atoms with Crippen molar-refractivity contribution in [3.63, 3.8) is 0 Å². The van der Waals surface area contributed by atoms with Gasteiger partial charge in [0.15, 0.2) is 0 Å². The van der Waals surface area contributed by atoms with Gasteiger partial charge in [-0.05, 0) is 53.4 Å². The first kappa shape index (κ1) is 20.1. The molecule has 0 saturated carbocycles. The third-order valence-corrected chi connectivity index (χ3v) is 5.63. The molecule has 146 valence electrons. The molecule has 1 N–H and O–H groups in total. The maximum absolute atomic E-state index is 12.1. The largest absolute Gasteiger partial charge is 0.489 e. The van der Waals surface area contributed by atoms with E-state index in [1.54, 1.807) is 36.6 Å². The maximum atomic E-state index is 12.1. The van der Waals surface area contributed by atoms with Gasteiger partial charge in [0.1, 0.15) is 11.9 Å². The van der Waals surface area contributed by atoms with Gasteiger partial charge in [-0.3, -0.25) is 9.69 Å². The van der Waals surface area contributed by atoms with Crippen molar-refractivity contribution in [2.75, 3.05) is 33.4 Å². The van der Waals surface area contributed by atoms with E-state index in [9.17, 15) is 4.79 Å². The number of piperidine rings is 1. The molecular weight excluding hydrogens is 384 g/mol. The highest BCUT2D eigenvalue weighted by atomic mass is 35.5. The van der Waals surface area contributed by atoms with Crippen LogP contribution in [0.15, 0.2) is 35.0 Å². The third kappa shape index (κ3) is 5.94. The van der Waals surface area contributed by atoms with Gasteiger partial charge >= 0.3 is 0 Å². The van der Waals surface area contributed by atoms with Crippen molar-refractivity contribution < 1.29 is 14.3 Å². The molecule has 1 amide bonds. The van der Waals surface area contributed by atoms with E-state index in [-0.39, 0.29) is 12.0 Å². The van der Waals surface area contributed by atoms with Crippen LogP contribution in [0.1, 0.15) is 28.8 Å². The number of thiophene rings is 1. The van der Waals surface area contributed by atoms with E-state index in [1.807, 2.05) is 0 Å². The number of nitrogens with zero attached hydrogens (tertiary/aromatic N) is 1. The molecule has 1 aliphatic rings. The molecule has 5 nitrogen and oxygen atoms in total. The zero-order valence-corrected chi connectivity index (χ0v) is 17.0. The number of nitrogens with one attached hydrogen (secondary N) is 1. The Morgan fingerprint density at radius 2 is 2.15 bits per heavy atom. The SMILES string of the molecule is COCCNC(=O)c1ccc(OC2CCN(Cc3ccsc3)CC2)c(Cl)c1. The normalized spacial score (nSPS) is 15.6. The summed E-state index contributed by atoms with van der Waals surface area (Å²) >= 11 is 8.08. The topological polar surface area (TPSA) is 50.8 Å². The standard InChI is InChI=1S/C20H25ClN2O3S/c1-25-10-7-22-20(24)16-2-3-19(18(21)12-16)26-17-4-8-23(9-5-17)13-15-6-11-27-14-15/h2-3,6,11-12,14,17H,4-5,7-10,13H2,1H3,(H,22,24). The summed E-state index contributed by atoms with van der Waals surface area (Å²) in [5.74, 6) is 0.476. The van der Waals surface area contributed by atoms with Crippen LogP contribution < -0.4 is 10.1 Å². The van der Waals surface area contributed by atoms with Gasteiger partial charge in [-0.2, -0.15) is 11.3 Å². The molecule has 0 atom stereocenters. The summed E-state index contributed by atoms with van der Waals surface area (Å²) in [5.41, 5.74) is 1.90. The monoisotopic (exact) mass is 408 g/mol. The molecule has 0 spiro atoms. The molecule has 1 fully saturated rings. The minimum Gasteiger partial charge on any atom is -0.489 e. The molecule has 1 saturated heterocycles. The number of likely N-dealkylation sites (tertiary alicyclic amines) is 1. The Kier molecular flexibility index (Phi) is 7.52. The fourth-order valence-corrected chi connectivity index (χ4v) is 4.00. The number of hydrogen-bond acceptors (Lipinski definition) is 5. The molecule has 3 rings (SSSR count). The van der Waals surface area contributed by atoms with Gasteiger partial charge in [0.05, 0.1) is 11.6 Å². The second-order valence-corrected chi connectivity index (χ2v) is 7.81. The van der Waals surface area contributed by atoms with Gasteiger partial charge in [0.25, 0.3) is 5.91 Å². The molecular formula is C20H25ClN2O3S. The van der Waals surface area contributed by atoms with Crippen molar-refractivity contribution in [1.82, 2.24) is 10.2 Å². The highest BCUT2D eigenvalue weighted by Crippen LogP contribution is 2.28. The Labute approximate surface area is 169 Å². The number of benzene rings is 1. The van der Waals surface area contributed by atoms with E-state index in [1.165, 1.54) is 5.56 Å². The van der Waals surface area contributed by atoms with Crippen LogP contribution >= 0.6 is 22.9 Å². The number of ether oxygens (including phenoxy) is 2. The van der Waals surface area contributed by atoms with Gasteiger partial charge < -0.3 is 14.8 Å². The summed E-state index contributed by atoms with van der Waals surface area (Å²) in [6.07, 6.45) is 2.10. The fraction of sp³-hybridized carbons (Fsp3) is 0.450. The number of carbonyl (C=O) groups excluding carboxylic acids is 1. The Hall–Kier alpha value is -1.60. The minimum atomic E-state index is -0.165. The smallest absolute Gasteiger partial charge is 0.251 e. The molecule has 7 heteroatoms. The van der Waals surface area contributed by atoms with E-state index in [0.29, 0.717) is 29.5 Å². The zero-order valence-electron chi connectivity index (χ0n) is 15.4. The van der Waals surface area contributed by atoms with Crippen LogP contribution in [0.3, 0.4) is 0 Å². The van der Waals surface area contributed by atoms with Crippen LogP contribution in [0.25, 0.3) is 0 Å². The number of carbonyl (C=O) groups is 1. The van der Waals surface area contributed by atoms with Crippen molar-refractivity contribution in [3.05, 3.63) is 51.2 Å². The number of amides is 1. The van der Waals surface area contributed by atoms with E-state index in [4.69, 9.17) is 21.1 Å². The van der Waals surface area contributed by atoms with Crippen LogP contribution in [0.4, 0.5) is 0 Å². The van der Waals surface area contributed by atoms with Crippen LogP contribution in [0.5, 0.6) is 5.75 Å². The summed E-state index contributed by atoms with van der Waals surface area (Å²) in [7, 11) is 1.60. The van der Waals surface area contributed by atoms with Gasteiger partial charge in [0, 0.05) is 38.9 Å². The highest BCUT2D eigenvalue weighted by Gasteiger charge is 2.21. The first-order valence-electron chi connectivity index (χ1n) is 9.12. The predicted molar refractivity (Wildman–Crippen MR) is 109 cm³/mol. The lowest BCUT2D eigenvalue weighted by Gasteiger charge is -2.32. The van der Waals surface area contributed by atoms with Gasteiger partial charge in [-0.15, -0.1) is 0 Å². The predicted octanol–water partition coefficient (Wildman–Crippen LogP) is 3.82. The summed E-state index contributed by atoms with van der Waals surface area (Å²) in [6, 6.07) is 7.37. The maximum Gasteiger partial charge on any atom is 0.251 e. The summed E-state index contributed by atoms with van der Waals surface area (Å²) in [6.45, 7) is 3.97. The van der Waals surface area contributed by atoms with Crippen molar-refractivity contribution in [3.8, 4) is 5.75 Å². The van der Waals surface area contributed by atoms with E-state index in [0.717, 1.165) is 32.5 Å². The van der Waals surface area contributed by atoms with Crippen LogP contribution in [0.2, 0.25) is 5.02 Å². The van der Waals surface area contributed by atoms with Crippen molar-refractivity contribution in [2.45, 2.75) is 25.5 Å². The molecule has 0 aliphatic carbocycles. The molecule has 0 bridgehead atoms. The number of methoxy groups -OCH3 is 1. The quantitative estimate of drug-likeness (QED) is 0.674. The lowest BCUT2D eigenvalue weighted by Crippen LogP contribution is -2.37. The average molecular weight is 409 g/mol. The van der Waals surface area contributed by atoms with Gasteiger partial charge in [-0.25, -0.2) is 0 Å². The van der Waals surface area contributed by atoms with Gasteiger partial charge in [0.2, 0.25) is 0 Å². The molecule has 0 radical (unpaired) electrons. The Morgan fingerprint density at radius 3 is 2.81 bits per heavy atom. The molecule has 2 aromatic rings. The van der Waals surface area contributed by atoms with Crippen LogP contribution in [-0.2, 0) is 11.3 Å². The third-order valence-electron chi connectivity index (χ3n) is 4.60. The summed E-state index contributed by atoms with van der Waals surface area (Å²) in [5, 5.41) is 7.57. The molecule has 1 aromatic heterocycles. The lowest BCUT2D eigenvalue weighted by atomic mass is 10.1. The minimum absolute atomic E-state index is 0.155. The number of rotatable bonds is 8. The molecule has 1 aliphatic heterocycles. The first-order chi connectivity index (χ1) is 13.2. The van der Waals surface area contributed by atoms with Gasteiger partial charge in [-0.1, -0.05) is 11.6 Å². The molecule has 27 heavy (non-hydrogen) atoms. The Bertz CT molecular complexity index is 731. The lowest BCUT2D eigenvalue weighted by molar-refractivity contribution is 0.0935. The summed E-state index contributed by atoms with van der Waals surface area (Å²) < 4.78 is 11.0. The van der Waals surface area contributed by atoms with E-state index < -0.39 is 0 Å². The fourth-order valence-electron chi connectivity index (χ4n) is 3.11. The second-order valence-electron chi connectivity index (χ2n) is 6.62. The highest BCUT2D eigenvalue weighted by molar-refractivity contribution is 7.07. The van der Waals surface area contributed by atoms with Crippen molar-refractivity contribution >= 4 is 28.8 Å². The summed E-state index contributed by atoms with van der Waals surface area (Å²) in [4.78, 5) is 14.5. The Balaban J connectivity index is 1.49. The second kappa shape index (κ2) is 10.1. The van der Waals surface area contributed by atoms with E-state index in [2.05, 4.69) is 27.0 Å². The van der Waals surface area contributed by atoms with Crippen molar-refractivity contribution in [1.29, 1.82) is 0 Å². The Morgan fingerprint density at radius 1 is 1.33 bits per heavy atom. The van der Waals surface area contributed by atoms with E-state index >= 15 is 0 Å². The average Bonchev–Trinajstić information content (AvgIpc) is 3.18. The number of hydrogen-bond donors (Lipinski definition) is 1. The molecule has 0 unspecified atom stereocenters. The van der Waals surface area contributed by atoms with Crippen LogP contribution in [0, 0.1) is 0 Å².